The molecule has 5 unspecified atom stereocenters. The molecule has 2 heterocycles. The highest BCUT2D eigenvalue weighted by Crippen LogP contribution is 2.35. The number of carbonyl (C=O) groups excluding carboxylic acids is 1. The van der Waals surface area contributed by atoms with Gasteiger partial charge < -0.3 is 48.8 Å². The largest absolute Gasteiger partial charge is 0.513 e. The van der Waals surface area contributed by atoms with Crippen LogP contribution in [0.15, 0.2) is 18.2 Å². The summed E-state index contributed by atoms with van der Waals surface area (Å²) in [6, 6.07) is 5.80. The number of aliphatic hydroxyl groups excluding tert-OH is 4. The molecule has 1 aromatic rings. The molecule has 2 saturated heterocycles. The van der Waals surface area contributed by atoms with E-state index in [4.69, 9.17) is 28.4 Å². The van der Waals surface area contributed by atoms with Gasteiger partial charge in [0.1, 0.15) is 24.6 Å². The summed E-state index contributed by atoms with van der Waals surface area (Å²) >= 11 is 0. The van der Waals surface area contributed by atoms with Crippen molar-refractivity contribution >= 4 is 6.16 Å². The predicted molar refractivity (Wildman–Crippen MR) is 135 cm³/mol. The Labute approximate surface area is 223 Å². The molecule has 2 fully saturated rings. The second-order valence-electron chi connectivity index (χ2n) is 10.3. The predicted octanol–water partition coefficient (Wildman–Crippen LogP) is 2.18. The molecule has 0 saturated carbocycles. The lowest BCUT2D eigenvalue weighted by atomic mass is 9.94. The zero-order valence-electron chi connectivity index (χ0n) is 22.5. The van der Waals surface area contributed by atoms with Crippen LogP contribution in [0.1, 0.15) is 69.9 Å². The maximum absolute atomic E-state index is 12.4. The molecule has 0 aromatic heterocycles. The van der Waals surface area contributed by atoms with E-state index in [9.17, 15) is 25.2 Å². The summed E-state index contributed by atoms with van der Waals surface area (Å²) in [4.78, 5) is 12.4. The Morgan fingerprint density at radius 2 is 1.63 bits per heavy atom. The Bertz CT molecular complexity index is 850. The molecule has 0 aliphatic carbocycles. The second-order valence-corrected chi connectivity index (χ2v) is 10.3. The first kappa shape index (κ1) is 30.7. The molecule has 4 N–H and O–H groups in total. The van der Waals surface area contributed by atoms with Crippen molar-refractivity contribution in [3.63, 3.8) is 0 Å². The molecule has 11 heteroatoms. The smallest absolute Gasteiger partial charge is 0.432 e. The summed E-state index contributed by atoms with van der Waals surface area (Å²) in [6.45, 7) is 7.26. The maximum atomic E-state index is 12.4. The minimum absolute atomic E-state index is 0.0187. The number of carbonyl (C=O) groups is 1. The quantitative estimate of drug-likeness (QED) is 0.185. The molecular formula is C27H42O11. The summed E-state index contributed by atoms with van der Waals surface area (Å²) < 4.78 is 33.5. The first-order valence-electron chi connectivity index (χ1n) is 13.3. The highest BCUT2D eigenvalue weighted by Gasteiger charge is 2.42. The van der Waals surface area contributed by atoms with Crippen molar-refractivity contribution in [1.82, 2.24) is 0 Å². The van der Waals surface area contributed by atoms with Crippen molar-refractivity contribution in [2.75, 3.05) is 26.4 Å². The fourth-order valence-corrected chi connectivity index (χ4v) is 4.69. The molecule has 38 heavy (non-hydrogen) atoms. The number of hydrogen-bond donors (Lipinski definition) is 4. The molecule has 0 bridgehead atoms. The highest BCUT2D eigenvalue weighted by atomic mass is 16.7. The van der Waals surface area contributed by atoms with Crippen LogP contribution in [0.25, 0.3) is 0 Å². The first-order valence-corrected chi connectivity index (χ1v) is 13.3. The minimum Gasteiger partial charge on any atom is -0.432 e. The molecule has 0 radical (unpaired) electrons. The fourth-order valence-electron chi connectivity index (χ4n) is 4.69. The third kappa shape index (κ3) is 8.33. The van der Waals surface area contributed by atoms with Gasteiger partial charge >= 0.3 is 6.16 Å². The molecule has 11 nitrogen and oxygen atoms in total. The van der Waals surface area contributed by atoms with E-state index in [-0.39, 0.29) is 50.9 Å². The van der Waals surface area contributed by atoms with Crippen LogP contribution in [-0.4, -0.2) is 96.1 Å². The van der Waals surface area contributed by atoms with Gasteiger partial charge in [0.25, 0.3) is 0 Å². The van der Waals surface area contributed by atoms with Crippen LogP contribution in [0.5, 0.6) is 5.75 Å². The van der Waals surface area contributed by atoms with Gasteiger partial charge in [0.2, 0.25) is 0 Å². The van der Waals surface area contributed by atoms with Crippen molar-refractivity contribution < 1.29 is 53.6 Å². The Kier molecular flexibility index (Phi) is 11.7. The van der Waals surface area contributed by atoms with Gasteiger partial charge in [-0.1, -0.05) is 45.9 Å². The number of benzene rings is 1. The number of para-hydroxylation sites is 1. The lowest BCUT2D eigenvalue weighted by Gasteiger charge is -2.41. The molecule has 2 aliphatic heterocycles. The minimum atomic E-state index is -1.05. The number of rotatable bonds is 11. The van der Waals surface area contributed by atoms with E-state index in [2.05, 4.69) is 0 Å². The Balaban J connectivity index is 1.46. The van der Waals surface area contributed by atoms with E-state index in [0.29, 0.717) is 5.75 Å². The van der Waals surface area contributed by atoms with E-state index in [1.807, 2.05) is 45.9 Å². The van der Waals surface area contributed by atoms with Gasteiger partial charge in [0, 0.05) is 19.3 Å². The van der Waals surface area contributed by atoms with E-state index >= 15 is 0 Å². The van der Waals surface area contributed by atoms with E-state index in [0.717, 1.165) is 11.1 Å². The second kappa shape index (κ2) is 14.5. The van der Waals surface area contributed by atoms with Crippen molar-refractivity contribution in [3.8, 4) is 5.75 Å². The lowest BCUT2D eigenvalue weighted by Crippen LogP contribution is -2.54. The topological polar surface area (TPSA) is 153 Å². The Morgan fingerprint density at radius 1 is 0.947 bits per heavy atom. The molecule has 2 aliphatic rings. The van der Waals surface area contributed by atoms with E-state index in [1.165, 1.54) is 0 Å². The van der Waals surface area contributed by atoms with Crippen LogP contribution in [0.4, 0.5) is 4.79 Å². The average Bonchev–Trinajstić information content (AvgIpc) is 2.87. The Morgan fingerprint density at radius 3 is 2.24 bits per heavy atom. The van der Waals surface area contributed by atoms with Crippen molar-refractivity contribution in [1.29, 1.82) is 0 Å². The van der Waals surface area contributed by atoms with Crippen molar-refractivity contribution in [2.24, 2.45) is 0 Å². The highest BCUT2D eigenvalue weighted by molar-refractivity contribution is 5.66. The van der Waals surface area contributed by atoms with Crippen LogP contribution >= 0.6 is 0 Å². The summed E-state index contributed by atoms with van der Waals surface area (Å²) in [7, 11) is 0. The van der Waals surface area contributed by atoms with E-state index < -0.39 is 55.9 Å². The molecule has 216 valence electrons. The number of aliphatic hydroxyl groups is 4. The van der Waals surface area contributed by atoms with Gasteiger partial charge in [-0.3, -0.25) is 0 Å². The lowest BCUT2D eigenvalue weighted by molar-refractivity contribution is -0.311. The zero-order valence-corrected chi connectivity index (χ0v) is 22.5. The first-order chi connectivity index (χ1) is 18.1. The van der Waals surface area contributed by atoms with Crippen LogP contribution < -0.4 is 4.74 Å². The SMILES string of the molecule is CC(C)c1cccc(C(C)C)c1OC(=O)OCCOC1CC(O)[C@H](O[C@@H]2CC(O)CC(CO)O2)C(CO)O1. The summed E-state index contributed by atoms with van der Waals surface area (Å²) in [5.41, 5.74) is 1.83. The third-order valence-corrected chi connectivity index (χ3v) is 6.65. The molecular weight excluding hydrogens is 500 g/mol. The third-order valence-electron chi connectivity index (χ3n) is 6.65. The molecule has 3 rings (SSSR count). The van der Waals surface area contributed by atoms with Gasteiger partial charge in [-0.15, -0.1) is 0 Å². The van der Waals surface area contributed by atoms with Crippen LogP contribution in [0, 0.1) is 0 Å². The van der Waals surface area contributed by atoms with Gasteiger partial charge in [-0.25, -0.2) is 4.79 Å². The van der Waals surface area contributed by atoms with Crippen LogP contribution in [0.3, 0.4) is 0 Å². The van der Waals surface area contributed by atoms with Gasteiger partial charge in [0.05, 0.1) is 38.1 Å². The number of hydrogen-bond acceptors (Lipinski definition) is 11. The molecule has 1 aromatic carbocycles. The summed E-state index contributed by atoms with van der Waals surface area (Å²) in [6.07, 6.45) is -6.21. The molecule has 0 amide bonds. The van der Waals surface area contributed by atoms with Crippen LogP contribution in [-0.2, 0) is 23.7 Å². The fraction of sp³-hybridized carbons (Fsp3) is 0.741. The van der Waals surface area contributed by atoms with Gasteiger partial charge in [0.15, 0.2) is 12.6 Å². The van der Waals surface area contributed by atoms with Gasteiger partial charge in [-0.05, 0) is 23.0 Å². The standard InChI is InChI=1S/C27H42O11/c1-15(2)19-6-5-7-20(16(3)4)25(19)38-27(32)34-9-8-33-23-12-21(31)26(22(14-29)36-23)37-24-11-17(30)10-18(13-28)35-24/h5-7,15-18,21-24,26,28-31H,8-14H2,1-4H3/t17?,18?,21?,22?,23?,24-,26+/m1/s1. The molecule has 7 atom stereocenters. The van der Waals surface area contributed by atoms with E-state index in [1.54, 1.807) is 0 Å². The monoisotopic (exact) mass is 542 g/mol. The van der Waals surface area contributed by atoms with Gasteiger partial charge in [-0.2, -0.15) is 0 Å². The average molecular weight is 543 g/mol. The molecule has 0 spiro atoms. The summed E-state index contributed by atoms with van der Waals surface area (Å²) in [5, 5.41) is 39.8. The van der Waals surface area contributed by atoms with Crippen molar-refractivity contribution in [2.45, 2.75) is 102 Å². The maximum Gasteiger partial charge on any atom is 0.513 e. The zero-order chi connectivity index (χ0) is 27.8. The van der Waals surface area contributed by atoms with Crippen molar-refractivity contribution in [3.05, 3.63) is 29.3 Å². The normalized spacial score (nSPS) is 30.0. The number of ether oxygens (including phenoxy) is 6. The van der Waals surface area contributed by atoms with Crippen LogP contribution in [0.2, 0.25) is 0 Å². The summed E-state index contributed by atoms with van der Waals surface area (Å²) in [5.74, 6) is 0.833. The Hall–Kier alpha value is -1.83.